The summed E-state index contributed by atoms with van der Waals surface area (Å²) in [6.45, 7) is 17.5. The van der Waals surface area contributed by atoms with Crippen LogP contribution in [0.15, 0.2) is 79.0 Å². The van der Waals surface area contributed by atoms with Crippen LogP contribution in [-0.4, -0.2) is 19.4 Å². The summed E-state index contributed by atoms with van der Waals surface area (Å²) in [7, 11) is 2.17. The molecule has 0 saturated heterocycles. The molecule has 0 atom stereocenters. The molecule has 8 aromatic rings. The van der Waals surface area contributed by atoms with E-state index in [9.17, 15) is 0 Å². The Morgan fingerprint density at radius 1 is 0.630 bits per heavy atom. The first-order valence-corrected chi connectivity index (χ1v) is 16.2. The summed E-state index contributed by atoms with van der Waals surface area (Å²) in [6.07, 6.45) is 2.19. The van der Waals surface area contributed by atoms with Crippen molar-refractivity contribution in [3.05, 3.63) is 102 Å². The molecule has 0 fully saturated rings. The molecule has 5 nitrogen and oxygen atoms in total. The fraction of sp³-hybridized carbons (Fsp3) is 0.268. The summed E-state index contributed by atoms with van der Waals surface area (Å²) in [6, 6.07) is 26.8. The Morgan fingerprint density at radius 2 is 1.33 bits per heavy atom. The maximum atomic E-state index is 5.11. The van der Waals surface area contributed by atoms with Gasteiger partial charge in [0, 0.05) is 33.2 Å². The van der Waals surface area contributed by atoms with Gasteiger partial charge in [-0.15, -0.1) is 0 Å². The van der Waals surface area contributed by atoms with Gasteiger partial charge in [0.05, 0.1) is 27.3 Å². The standard InChI is InChI=1S/C41H40N5/c1-23-19-30-29-21-26(25-13-11-10-12-14-25)15-16-31(29)46-32-22-28(37-42-38(40(3,4)5)44-39(43-37)41(6,7)8)20-27-17-18-45(9)36(34(27)32)33(24(23)2)35(30)46/h10-22H,1-9H3/q+1. The molecule has 0 aliphatic rings. The van der Waals surface area contributed by atoms with Crippen LogP contribution in [0.4, 0.5) is 0 Å². The van der Waals surface area contributed by atoms with Gasteiger partial charge in [0.1, 0.15) is 18.7 Å². The van der Waals surface area contributed by atoms with E-state index < -0.39 is 0 Å². The summed E-state index contributed by atoms with van der Waals surface area (Å²) in [4.78, 5) is 15.2. The van der Waals surface area contributed by atoms with Gasteiger partial charge in [-0.05, 0) is 71.8 Å². The Labute approximate surface area is 269 Å². The molecular formula is C41H40N5+. The maximum Gasteiger partial charge on any atom is 0.224 e. The van der Waals surface area contributed by atoms with Crippen LogP contribution in [0.5, 0.6) is 0 Å². The highest BCUT2D eigenvalue weighted by molar-refractivity contribution is 6.26. The average Bonchev–Trinajstić information content (AvgIpc) is 3.34. The zero-order valence-corrected chi connectivity index (χ0v) is 28.2. The van der Waals surface area contributed by atoms with E-state index in [2.05, 4.69) is 150 Å². The van der Waals surface area contributed by atoms with Crippen LogP contribution in [-0.2, 0) is 17.9 Å². The van der Waals surface area contributed by atoms with Crippen molar-refractivity contribution in [1.29, 1.82) is 0 Å². The molecule has 0 aliphatic heterocycles. The van der Waals surface area contributed by atoms with Gasteiger partial charge in [0.15, 0.2) is 12.0 Å². The first-order chi connectivity index (χ1) is 21.8. The van der Waals surface area contributed by atoms with Gasteiger partial charge in [0.25, 0.3) is 0 Å². The van der Waals surface area contributed by atoms with Crippen LogP contribution < -0.4 is 4.57 Å². The number of benzene rings is 4. The number of fused-ring (bicyclic) bond motifs is 5. The molecule has 0 unspecified atom stereocenters. The zero-order chi connectivity index (χ0) is 32.3. The van der Waals surface area contributed by atoms with E-state index >= 15 is 0 Å². The van der Waals surface area contributed by atoms with Crippen molar-refractivity contribution in [2.24, 2.45) is 7.05 Å². The Bertz CT molecular complexity index is 2470. The third kappa shape index (κ3) is 4.14. The summed E-state index contributed by atoms with van der Waals surface area (Å²) in [5.74, 6) is 2.35. The number of hydrogen-bond donors (Lipinski definition) is 0. The first kappa shape index (κ1) is 28.6. The molecule has 0 saturated carbocycles. The van der Waals surface area contributed by atoms with Crippen molar-refractivity contribution in [2.45, 2.75) is 66.2 Å². The number of rotatable bonds is 2. The van der Waals surface area contributed by atoms with Crippen LogP contribution >= 0.6 is 0 Å². The van der Waals surface area contributed by atoms with Gasteiger partial charge >= 0.3 is 0 Å². The fourth-order valence-electron chi connectivity index (χ4n) is 7.02. The number of aryl methyl sites for hydroxylation is 3. The van der Waals surface area contributed by atoms with Crippen molar-refractivity contribution in [2.75, 3.05) is 0 Å². The molecule has 5 heteroatoms. The molecule has 0 spiro atoms. The van der Waals surface area contributed by atoms with Crippen molar-refractivity contribution in [1.82, 2.24) is 19.4 Å². The molecule has 228 valence electrons. The Balaban J connectivity index is 1.56. The Kier molecular flexibility index (Phi) is 5.93. The van der Waals surface area contributed by atoms with Crippen molar-refractivity contribution in [3.63, 3.8) is 0 Å². The molecule has 0 bridgehead atoms. The lowest BCUT2D eigenvalue weighted by atomic mass is 9.92. The van der Waals surface area contributed by atoms with Crippen LogP contribution in [0.1, 0.15) is 64.3 Å². The third-order valence-electron chi connectivity index (χ3n) is 9.61. The van der Waals surface area contributed by atoms with Crippen molar-refractivity contribution in [3.8, 4) is 22.5 Å². The minimum Gasteiger partial charge on any atom is -0.307 e. The molecule has 46 heavy (non-hydrogen) atoms. The minimum atomic E-state index is -0.211. The van der Waals surface area contributed by atoms with E-state index in [0.29, 0.717) is 0 Å². The van der Waals surface area contributed by atoms with E-state index in [4.69, 9.17) is 15.0 Å². The largest absolute Gasteiger partial charge is 0.307 e. The summed E-state index contributed by atoms with van der Waals surface area (Å²) >= 11 is 0. The lowest BCUT2D eigenvalue weighted by molar-refractivity contribution is -0.643. The lowest BCUT2D eigenvalue weighted by Crippen LogP contribution is -2.29. The maximum absolute atomic E-state index is 5.11. The summed E-state index contributed by atoms with van der Waals surface area (Å²) in [5, 5.41) is 6.29. The van der Waals surface area contributed by atoms with E-state index in [1.807, 2.05) is 0 Å². The molecule has 0 amide bonds. The molecule has 4 aromatic heterocycles. The molecule has 0 aliphatic carbocycles. The molecule has 0 N–H and O–H groups in total. The quantitative estimate of drug-likeness (QED) is 0.112. The number of nitrogens with zero attached hydrogens (tertiary/aromatic N) is 5. The second-order valence-corrected chi connectivity index (χ2v) is 15.1. The van der Waals surface area contributed by atoms with Gasteiger partial charge < -0.3 is 4.40 Å². The van der Waals surface area contributed by atoms with E-state index in [0.717, 1.165) is 28.6 Å². The van der Waals surface area contributed by atoms with E-state index in [1.54, 1.807) is 0 Å². The fourth-order valence-corrected chi connectivity index (χ4v) is 7.02. The van der Waals surface area contributed by atoms with Crippen LogP contribution in [0.3, 0.4) is 0 Å². The predicted molar refractivity (Wildman–Crippen MR) is 191 cm³/mol. The molecular weight excluding hydrogens is 562 g/mol. The highest BCUT2D eigenvalue weighted by atomic mass is 15.1. The van der Waals surface area contributed by atoms with E-state index in [1.165, 1.54) is 65.7 Å². The molecule has 4 heterocycles. The topological polar surface area (TPSA) is 47.0 Å². The van der Waals surface area contributed by atoms with Crippen LogP contribution in [0.2, 0.25) is 0 Å². The minimum absolute atomic E-state index is 0.211. The number of hydrogen-bond acceptors (Lipinski definition) is 3. The van der Waals surface area contributed by atoms with Gasteiger partial charge in [0.2, 0.25) is 5.52 Å². The number of pyridine rings is 2. The molecule has 0 radical (unpaired) electrons. The van der Waals surface area contributed by atoms with Crippen LogP contribution in [0.25, 0.3) is 71.5 Å². The van der Waals surface area contributed by atoms with Gasteiger partial charge in [-0.2, -0.15) is 0 Å². The first-order valence-electron chi connectivity index (χ1n) is 16.2. The number of aromatic nitrogens is 5. The van der Waals surface area contributed by atoms with Crippen molar-refractivity contribution < 1.29 is 4.57 Å². The van der Waals surface area contributed by atoms with Crippen LogP contribution in [0, 0.1) is 13.8 Å². The second kappa shape index (κ2) is 9.56. The second-order valence-electron chi connectivity index (χ2n) is 15.1. The predicted octanol–water partition coefficient (Wildman–Crippen LogP) is 9.55. The lowest BCUT2D eigenvalue weighted by Gasteiger charge is -2.23. The smallest absolute Gasteiger partial charge is 0.224 e. The van der Waals surface area contributed by atoms with E-state index in [-0.39, 0.29) is 10.8 Å². The zero-order valence-electron chi connectivity index (χ0n) is 28.2. The van der Waals surface area contributed by atoms with Gasteiger partial charge in [-0.25, -0.2) is 19.5 Å². The Hall–Kier alpha value is -4.90. The molecule has 8 rings (SSSR count). The third-order valence-corrected chi connectivity index (χ3v) is 9.61. The average molecular weight is 603 g/mol. The molecule has 4 aromatic carbocycles. The normalized spacial score (nSPS) is 12.9. The van der Waals surface area contributed by atoms with Gasteiger partial charge in [-0.3, -0.25) is 0 Å². The highest BCUT2D eigenvalue weighted by Crippen LogP contribution is 2.43. The summed E-state index contributed by atoms with van der Waals surface area (Å²) < 4.78 is 4.79. The highest BCUT2D eigenvalue weighted by Gasteiger charge is 2.28. The summed E-state index contributed by atoms with van der Waals surface area (Å²) in [5.41, 5.74) is 10.5. The van der Waals surface area contributed by atoms with Crippen molar-refractivity contribution >= 4 is 49.0 Å². The van der Waals surface area contributed by atoms with Gasteiger partial charge in [-0.1, -0.05) is 77.9 Å². The SMILES string of the molecule is Cc1cc2c3cc(-c4ccccc4)ccc3n3c4cc(-c5nc(C(C)(C)C)nc(C(C)(C)C)n5)cc5cc[n+](C)c(c(c1C)c23)c54. The Morgan fingerprint density at radius 3 is 2.00 bits per heavy atom. The monoisotopic (exact) mass is 602 g/mol.